The molecule has 0 aromatic rings. The van der Waals surface area contributed by atoms with Crippen molar-refractivity contribution in [3.05, 3.63) is 36.5 Å². The van der Waals surface area contributed by atoms with Crippen LogP contribution in [-0.4, -0.2) is 34.9 Å². The van der Waals surface area contributed by atoms with E-state index in [2.05, 4.69) is 43.5 Å². The molecule has 0 aliphatic heterocycles. The van der Waals surface area contributed by atoms with Crippen LogP contribution in [0, 0.1) is 0 Å². The second-order valence-electron chi connectivity index (χ2n) is 11.2. The van der Waals surface area contributed by atoms with Crippen molar-refractivity contribution in [2.24, 2.45) is 0 Å². The van der Waals surface area contributed by atoms with Crippen LogP contribution in [0.15, 0.2) is 36.5 Å². The van der Waals surface area contributed by atoms with E-state index in [1.807, 2.05) is 6.08 Å². The Balaban J connectivity index is 3.60. The lowest BCUT2D eigenvalue weighted by Crippen LogP contribution is -2.45. The summed E-state index contributed by atoms with van der Waals surface area (Å²) in [4.78, 5) is 12.2. The van der Waals surface area contributed by atoms with Gasteiger partial charge < -0.3 is 15.5 Å². The number of nitrogens with one attached hydrogen (secondary N) is 1. The summed E-state index contributed by atoms with van der Waals surface area (Å²) in [7, 11) is 0. The highest BCUT2D eigenvalue weighted by atomic mass is 16.3. The van der Waals surface area contributed by atoms with Gasteiger partial charge in [-0.3, -0.25) is 4.79 Å². The molecular weight excluding hydrogens is 482 g/mol. The second-order valence-corrected chi connectivity index (χ2v) is 11.2. The Bertz CT molecular complexity index is 599. The van der Waals surface area contributed by atoms with Gasteiger partial charge in [-0.05, 0) is 51.4 Å². The molecule has 2 unspecified atom stereocenters. The molecule has 0 radical (unpaired) electrons. The molecule has 0 rings (SSSR count). The van der Waals surface area contributed by atoms with Crippen LogP contribution in [0.25, 0.3) is 0 Å². The van der Waals surface area contributed by atoms with Gasteiger partial charge >= 0.3 is 0 Å². The molecule has 39 heavy (non-hydrogen) atoms. The first-order chi connectivity index (χ1) is 19.2. The summed E-state index contributed by atoms with van der Waals surface area (Å²) >= 11 is 0. The van der Waals surface area contributed by atoms with Crippen LogP contribution >= 0.6 is 0 Å². The second kappa shape index (κ2) is 31.1. The first kappa shape index (κ1) is 37.6. The molecule has 0 aromatic heterocycles. The Kier molecular flexibility index (Phi) is 30.0. The van der Waals surface area contributed by atoms with E-state index < -0.39 is 12.1 Å². The molecule has 0 aliphatic rings. The molecule has 0 fully saturated rings. The number of hydrogen-bond acceptors (Lipinski definition) is 3. The van der Waals surface area contributed by atoms with Crippen molar-refractivity contribution in [2.45, 2.75) is 174 Å². The van der Waals surface area contributed by atoms with Gasteiger partial charge in [0, 0.05) is 6.42 Å². The number of allylic oxidation sites excluding steroid dienone is 5. The maximum Gasteiger partial charge on any atom is 0.220 e. The van der Waals surface area contributed by atoms with E-state index in [1.165, 1.54) is 109 Å². The van der Waals surface area contributed by atoms with Gasteiger partial charge in [0.15, 0.2) is 0 Å². The van der Waals surface area contributed by atoms with Crippen molar-refractivity contribution in [3.8, 4) is 0 Å². The fourth-order valence-electron chi connectivity index (χ4n) is 4.70. The zero-order valence-corrected chi connectivity index (χ0v) is 25.9. The van der Waals surface area contributed by atoms with Gasteiger partial charge in [0.1, 0.15) is 0 Å². The monoisotopic (exact) mass is 547 g/mol. The van der Waals surface area contributed by atoms with E-state index in [9.17, 15) is 15.0 Å². The van der Waals surface area contributed by atoms with Gasteiger partial charge in [0.05, 0.1) is 18.8 Å². The quantitative estimate of drug-likeness (QED) is 0.0645. The standard InChI is InChI=1S/C35H65NO3/c1-3-5-7-9-11-13-14-15-16-17-18-19-20-21-22-23-25-27-29-31-35(39)36-33(32-37)34(38)30-28-26-24-12-10-8-6-4-2/h10,12,15-16,28,30,33-34,37-38H,3-9,11,13-14,17-27,29,31-32H2,1-2H3,(H,36,39)/b12-10+,16-15-,30-28+. The Hall–Kier alpha value is -1.39. The van der Waals surface area contributed by atoms with Crippen molar-refractivity contribution in [1.29, 1.82) is 0 Å². The smallest absolute Gasteiger partial charge is 0.220 e. The molecule has 3 N–H and O–H groups in total. The molecule has 0 spiro atoms. The van der Waals surface area contributed by atoms with Gasteiger partial charge in [0.25, 0.3) is 0 Å². The van der Waals surface area contributed by atoms with Crippen molar-refractivity contribution in [3.63, 3.8) is 0 Å². The number of carbonyl (C=O) groups is 1. The minimum Gasteiger partial charge on any atom is -0.394 e. The predicted molar refractivity (Wildman–Crippen MR) is 170 cm³/mol. The molecule has 0 bridgehead atoms. The van der Waals surface area contributed by atoms with Crippen molar-refractivity contribution in [2.75, 3.05) is 6.61 Å². The highest BCUT2D eigenvalue weighted by Gasteiger charge is 2.17. The fraction of sp³-hybridized carbons (Fsp3) is 0.800. The maximum atomic E-state index is 12.2. The summed E-state index contributed by atoms with van der Waals surface area (Å²) in [6, 6.07) is -0.635. The van der Waals surface area contributed by atoms with Gasteiger partial charge in [-0.1, -0.05) is 140 Å². The fourth-order valence-corrected chi connectivity index (χ4v) is 4.70. The maximum absolute atomic E-state index is 12.2. The Morgan fingerprint density at radius 2 is 1.03 bits per heavy atom. The number of aliphatic hydroxyl groups is 2. The van der Waals surface area contributed by atoms with Gasteiger partial charge in [-0.2, -0.15) is 0 Å². The molecule has 4 nitrogen and oxygen atoms in total. The number of hydrogen-bond donors (Lipinski definition) is 3. The highest BCUT2D eigenvalue weighted by molar-refractivity contribution is 5.76. The number of unbranched alkanes of at least 4 members (excludes halogenated alkanes) is 18. The molecular formula is C35H65NO3. The molecule has 0 heterocycles. The van der Waals surface area contributed by atoms with Gasteiger partial charge in [-0.25, -0.2) is 0 Å². The minimum atomic E-state index is -0.857. The molecule has 0 saturated carbocycles. The van der Waals surface area contributed by atoms with Gasteiger partial charge in [-0.15, -0.1) is 0 Å². The normalized spacial score (nSPS) is 13.6. The Morgan fingerprint density at radius 1 is 0.590 bits per heavy atom. The average molecular weight is 548 g/mol. The summed E-state index contributed by atoms with van der Waals surface area (Å²) in [6.07, 6.45) is 39.5. The van der Waals surface area contributed by atoms with Crippen LogP contribution in [0.2, 0.25) is 0 Å². The summed E-state index contributed by atoms with van der Waals surface area (Å²) in [5, 5.41) is 22.7. The van der Waals surface area contributed by atoms with Crippen LogP contribution in [0.5, 0.6) is 0 Å². The van der Waals surface area contributed by atoms with Crippen LogP contribution in [0.1, 0.15) is 162 Å². The lowest BCUT2D eigenvalue weighted by molar-refractivity contribution is -0.123. The number of aliphatic hydroxyl groups excluding tert-OH is 2. The number of rotatable bonds is 29. The lowest BCUT2D eigenvalue weighted by atomic mass is 10.0. The average Bonchev–Trinajstić information content (AvgIpc) is 2.94. The summed E-state index contributed by atoms with van der Waals surface area (Å²) in [5.41, 5.74) is 0. The predicted octanol–water partition coefficient (Wildman–Crippen LogP) is 9.51. The topological polar surface area (TPSA) is 69.6 Å². The molecule has 4 heteroatoms. The summed E-state index contributed by atoms with van der Waals surface area (Å²) in [6.45, 7) is 4.20. The van der Waals surface area contributed by atoms with E-state index in [4.69, 9.17) is 0 Å². The molecule has 0 saturated heterocycles. The third-order valence-corrected chi connectivity index (χ3v) is 7.35. The van der Waals surface area contributed by atoms with E-state index >= 15 is 0 Å². The van der Waals surface area contributed by atoms with E-state index in [1.54, 1.807) is 6.08 Å². The molecule has 0 aromatic carbocycles. The Labute approximate surface area is 242 Å². The molecule has 0 aliphatic carbocycles. The lowest BCUT2D eigenvalue weighted by Gasteiger charge is -2.19. The first-order valence-electron chi connectivity index (χ1n) is 16.7. The molecule has 2 atom stereocenters. The largest absolute Gasteiger partial charge is 0.394 e. The first-order valence-corrected chi connectivity index (χ1v) is 16.7. The third-order valence-electron chi connectivity index (χ3n) is 7.35. The van der Waals surface area contributed by atoms with Gasteiger partial charge in [0.2, 0.25) is 5.91 Å². The Morgan fingerprint density at radius 3 is 1.56 bits per heavy atom. The molecule has 228 valence electrons. The van der Waals surface area contributed by atoms with E-state index in [0.717, 1.165) is 32.1 Å². The van der Waals surface area contributed by atoms with Crippen LogP contribution in [-0.2, 0) is 4.79 Å². The zero-order chi connectivity index (χ0) is 28.7. The van der Waals surface area contributed by atoms with Crippen LogP contribution < -0.4 is 5.32 Å². The molecule has 1 amide bonds. The number of amides is 1. The van der Waals surface area contributed by atoms with Crippen LogP contribution in [0.3, 0.4) is 0 Å². The van der Waals surface area contributed by atoms with Crippen molar-refractivity contribution in [1.82, 2.24) is 5.32 Å². The number of carbonyl (C=O) groups excluding carboxylic acids is 1. The highest BCUT2D eigenvalue weighted by Crippen LogP contribution is 2.12. The summed E-state index contributed by atoms with van der Waals surface area (Å²) < 4.78 is 0. The van der Waals surface area contributed by atoms with E-state index in [-0.39, 0.29) is 12.5 Å². The third kappa shape index (κ3) is 28.0. The van der Waals surface area contributed by atoms with Crippen molar-refractivity contribution < 1.29 is 15.0 Å². The van der Waals surface area contributed by atoms with Crippen molar-refractivity contribution >= 4 is 5.91 Å². The SMILES string of the molecule is CCCC/C=C/CC/C=C/C(O)C(CO)NC(=O)CCCCCCCCCCC/C=C\CCCCCCCC. The minimum absolute atomic E-state index is 0.0821. The van der Waals surface area contributed by atoms with Crippen LogP contribution in [0.4, 0.5) is 0 Å². The zero-order valence-electron chi connectivity index (χ0n) is 25.9. The summed E-state index contributed by atoms with van der Waals surface area (Å²) in [5.74, 6) is -0.0821. The van der Waals surface area contributed by atoms with E-state index in [0.29, 0.717) is 6.42 Å².